The van der Waals surface area contributed by atoms with Crippen molar-refractivity contribution in [1.29, 1.82) is 0 Å². The number of methoxy groups -OCH3 is 1. The number of hydrogen-bond acceptors (Lipinski definition) is 3. The van der Waals surface area contributed by atoms with Gasteiger partial charge in [0.2, 0.25) is 0 Å². The normalized spacial score (nSPS) is 17.4. The summed E-state index contributed by atoms with van der Waals surface area (Å²) in [6.07, 6.45) is 0.716. The van der Waals surface area contributed by atoms with Crippen molar-refractivity contribution in [3.8, 4) is 11.5 Å². The van der Waals surface area contributed by atoms with Crippen molar-refractivity contribution in [2.75, 3.05) is 13.7 Å². The molecule has 0 aromatic heterocycles. The fourth-order valence-corrected chi connectivity index (χ4v) is 2.10. The second-order valence-electron chi connectivity index (χ2n) is 3.83. The maximum absolute atomic E-state index is 11.4. The smallest absolute Gasteiger partial charge is 0.287 e. The number of amides is 1. The number of fused-ring (bicyclic) bond motifs is 1. The Morgan fingerprint density at radius 1 is 1.44 bits per heavy atom. The van der Waals surface area contributed by atoms with Gasteiger partial charge in [-0.15, -0.1) is 0 Å². The van der Waals surface area contributed by atoms with Crippen LogP contribution in [0.5, 0.6) is 11.5 Å². The highest BCUT2D eigenvalue weighted by Crippen LogP contribution is 2.37. The van der Waals surface area contributed by atoms with Gasteiger partial charge in [-0.05, 0) is 12.1 Å². The second kappa shape index (κ2) is 3.27. The molecule has 1 aromatic carbocycles. The number of benzene rings is 1. The molecule has 16 heavy (non-hydrogen) atoms. The van der Waals surface area contributed by atoms with Gasteiger partial charge in [-0.1, -0.05) is 6.07 Å². The molecule has 0 saturated heterocycles. The molecule has 82 valence electrons. The summed E-state index contributed by atoms with van der Waals surface area (Å²) in [7, 11) is 1.64. The zero-order valence-electron chi connectivity index (χ0n) is 8.87. The summed E-state index contributed by atoms with van der Waals surface area (Å²) < 4.78 is 10.9. The third kappa shape index (κ3) is 1.19. The molecular weight excluding hydrogens is 206 g/mol. The Balaban J connectivity index is 2.07. The van der Waals surface area contributed by atoms with Crippen molar-refractivity contribution in [2.45, 2.75) is 6.42 Å². The fourth-order valence-electron chi connectivity index (χ4n) is 2.10. The van der Waals surface area contributed by atoms with Crippen LogP contribution in [0.4, 0.5) is 0 Å². The third-order valence-corrected chi connectivity index (χ3v) is 2.90. The van der Waals surface area contributed by atoms with Crippen molar-refractivity contribution in [3.63, 3.8) is 0 Å². The summed E-state index contributed by atoms with van der Waals surface area (Å²) >= 11 is 0. The summed E-state index contributed by atoms with van der Waals surface area (Å²) in [4.78, 5) is 11.4. The monoisotopic (exact) mass is 217 g/mol. The molecule has 4 nitrogen and oxygen atoms in total. The van der Waals surface area contributed by atoms with Crippen LogP contribution in [0.2, 0.25) is 0 Å². The molecule has 0 aliphatic carbocycles. The van der Waals surface area contributed by atoms with Crippen molar-refractivity contribution >= 4 is 5.91 Å². The lowest BCUT2D eigenvalue weighted by molar-refractivity contribution is -0.118. The topological polar surface area (TPSA) is 47.6 Å². The lowest BCUT2D eigenvalue weighted by atomic mass is 10.0. The van der Waals surface area contributed by atoms with E-state index in [1.165, 1.54) is 0 Å². The van der Waals surface area contributed by atoms with Crippen LogP contribution in [0.25, 0.3) is 0 Å². The van der Waals surface area contributed by atoms with E-state index >= 15 is 0 Å². The maximum atomic E-state index is 11.4. The molecule has 0 bridgehead atoms. The van der Waals surface area contributed by atoms with Crippen molar-refractivity contribution in [3.05, 3.63) is 35.1 Å². The second-order valence-corrected chi connectivity index (χ2v) is 3.83. The quantitative estimate of drug-likeness (QED) is 0.763. The molecule has 0 radical (unpaired) electrons. The first-order chi connectivity index (χ1) is 7.79. The number of nitrogens with one attached hydrogen (secondary N) is 1. The van der Waals surface area contributed by atoms with E-state index in [0.29, 0.717) is 18.7 Å². The van der Waals surface area contributed by atoms with Crippen molar-refractivity contribution in [1.82, 2.24) is 5.32 Å². The highest BCUT2D eigenvalue weighted by Gasteiger charge is 2.31. The Morgan fingerprint density at radius 3 is 3.12 bits per heavy atom. The molecular formula is C12H11NO3. The minimum Gasteiger partial charge on any atom is -0.496 e. The van der Waals surface area contributed by atoms with Crippen LogP contribution in [0, 0.1) is 0 Å². The van der Waals surface area contributed by atoms with Gasteiger partial charge in [-0.2, -0.15) is 0 Å². The predicted octanol–water partition coefficient (Wildman–Crippen LogP) is 1.01. The van der Waals surface area contributed by atoms with E-state index in [4.69, 9.17) is 9.47 Å². The van der Waals surface area contributed by atoms with E-state index in [1.807, 2.05) is 18.2 Å². The van der Waals surface area contributed by atoms with Crippen LogP contribution in [-0.2, 0) is 11.2 Å². The number of carbonyl (C=O) groups is 1. The van der Waals surface area contributed by atoms with Crippen molar-refractivity contribution in [2.24, 2.45) is 0 Å². The van der Waals surface area contributed by atoms with Crippen LogP contribution in [0.3, 0.4) is 0 Å². The molecule has 1 N–H and O–H groups in total. The van der Waals surface area contributed by atoms with Gasteiger partial charge in [-0.3, -0.25) is 4.79 Å². The van der Waals surface area contributed by atoms with E-state index in [0.717, 1.165) is 22.6 Å². The summed E-state index contributed by atoms with van der Waals surface area (Å²) in [5.74, 6) is 1.86. The van der Waals surface area contributed by atoms with Gasteiger partial charge in [0, 0.05) is 24.1 Å². The van der Waals surface area contributed by atoms with Crippen LogP contribution in [-0.4, -0.2) is 19.6 Å². The number of hydrogen-bond donors (Lipinski definition) is 1. The van der Waals surface area contributed by atoms with Crippen LogP contribution >= 0.6 is 0 Å². The molecule has 2 aliphatic rings. The van der Waals surface area contributed by atoms with Crippen LogP contribution in [0.1, 0.15) is 5.56 Å². The van der Waals surface area contributed by atoms with Gasteiger partial charge >= 0.3 is 0 Å². The molecule has 2 heterocycles. The number of rotatable bonds is 1. The van der Waals surface area contributed by atoms with Crippen LogP contribution in [0.15, 0.2) is 29.5 Å². The van der Waals surface area contributed by atoms with Crippen LogP contribution < -0.4 is 14.8 Å². The first kappa shape index (κ1) is 9.27. The summed E-state index contributed by atoms with van der Waals surface area (Å²) in [6.45, 7) is 0.575. The minimum absolute atomic E-state index is 0.122. The van der Waals surface area contributed by atoms with E-state index in [2.05, 4.69) is 5.32 Å². The van der Waals surface area contributed by atoms with Crippen molar-refractivity contribution < 1.29 is 14.3 Å². The Bertz CT molecular complexity index is 505. The lowest BCUT2D eigenvalue weighted by Crippen LogP contribution is -2.19. The summed E-state index contributed by atoms with van der Waals surface area (Å²) in [6, 6.07) is 5.61. The van der Waals surface area contributed by atoms with E-state index in [1.54, 1.807) is 7.11 Å². The zero-order chi connectivity index (χ0) is 11.1. The summed E-state index contributed by atoms with van der Waals surface area (Å²) in [5, 5.41) is 2.76. The molecule has 0 saturated carbocycles. The SMILES string of the molecule is COc1cccc2c1CC1=C(O2)C(=O)NC1. The largest absolute Gasteiger partial charge is 0.496 e. The predicted molar refractivity (Wildman–Crippen MR) is 57.4 cm³/mol. The average molecular weight is 217 g/mol. The van der Waals surface area contributed by atoms with E-state index in [9.17, 15) is 4.79 Å². The van der Waals surface area contributed by atoms with Gasteiger partial charge in [0.1, 0.15) is 11.5 Å². The van der Waals surface area contributed by atoms with Gasteiger partial charge in [-0.25, -0.2) is 0 Å². The van der Waals surface area contributed by atoms with Gasteiger partial charge in [0.15, 0.2) is 5.76 Å². The Morgan fingerprint density at radius 2 is 2.31 bits per heavy atom. The van der Waals surface area contributed by atoms with E-state index in [-0.39, 0.29) is 5.91 Å². The lowest BCUT2D eigenvalue weighted by Gasteiger charge is -2.19. The molecule has 1 amide bonds. The third-order valence-electron chi connectivity index (χ3n) is 2.90. The average Bonchev–Trinajstić information content (AvgIpc) is 2.67. The Hall–Kier alpha value is -1.97. The first-order valence-electron chi connectivity index (χ1n) is 5.13. The van der Waals surface area contributed by atoms with Gasteiger partial charge in [0.05, 0.1) is 7.11 Å². The highest BCUT2D eigenvalue weighted by atomic mass is 16.5. The minimum atomic E-state index is -0.122. The number of carbonyl (C=O) groups excluding carboxylic acids is 1. The van der Waals surface area contributed by atoms with Gasteiger partial charge < -0.3 is 14.8 Å². The van der Waals surface area contributed by atoms with Gasteiger partial charge in [0.25, 0.3) is 5.91 Å². The maximum Gasteiger partial charge on any atom is 0.287 e. The molecule has 0 fully saturated rings. The molecule has 4 heteroatoms. The molecule has 0 atom stereocenters. The summed E-state index contributed by atoms with van der Waals surface area (Å²) in [5.41, 5.74) is 2.02. The standard InChI is InChI=1S/C12H11NO3/c1-15-9-3-2-4-10-8(9)5-7-6-13-12(14)11(7)16-10/h2-4H,5-6H2,1H3,(H,13,14). The molecule has 0 unspecified atom stereocenters. The molecule has 1 aromatic rings. The Labute approximate surface area is 92.9 Å². The highest BCUT2D eigenvalue weighted by molar-refractivity contribution is 5.96. The molecule has 3 rings (SSSR count). The molecule has 2 aliphatic heterocycles. The Kier molecular flexibility index (Phi) is 1.89. The first-order valence-corrected chi connectivity index (χ1v) is 5.13. The fraction of sp³-hybridized carbons (Fsp3) is 0.250. The molecule has 0 spiro atoms. The number of ether oxygens (including phenoxy) is 2. The van der Waals surface area contributed by atoms with E-state index < -0.39 is 0 Å². The zero-order valence-corrected chi connectivity index (χ0v) is 8.87.